The van der Waals surface area contributed by atoms with Crippen molar-refractivity contribution in [2.75, 3.05) is 12.4 Å². The number of methoxy groups -OCH3 is 1. The minimum Gasteiger partial charge on any atom is -0.495 e. The lowest BCUT2D eigenvalue weighted by atomic mass is 9.84. The number of ether oxygens (including phenoxy) is 1. The van der Waals surface area contributed by atoms with E-state index in [9.17, 15) is 4.79 Å². The summed E-state index contributed by atoms with van der Waals surface area (Å²) in [5.74, 6) is 1.68. The highest BCUT2D eigenvalue weighted by Gasteiger charge is 2.25. The van der Waals surface area contributed by atoms with Crippen LogP contribution in [0.2, 0.25) is 0 Å². The van der Waals surface area contributed by atoms with Crippen LogP contribution in [0, 0.1) is 11.3 Å². The van der Waals surface area contributed by atoms with Gasteiger partial charge >= 0.3 is 0 Å². The number of rotatable bonds is 6. The molecule has 0 fully saturated rings. The van der Waals surface area contributed by atoms with Gasteiger partial charge in [0.1, 0.15) is 11.4 Å². The lowest BCUT2D eigenvalue weighted by molar-refractivity contribution is -0.117. The predicted octanol–water partition coefficient (Wildman–Crippen LogP) is 6.52. The fraction of sp³-hybridized carbons (Fsp3) is 0.407. The van der Waals surface area contributed by atoms with Crippen molar-refractivity contribution in [2.24, 2.45) is 11.3 Å². The normalized spacial score (nSPS) is 13.8. The Hall–Kier alpha value is -3.08. The summed E-state index contributed by atoms with van der Waals surface area (Å²) < 4.78 is 11.3. The molecule has 1 amide bonds. The Morgan fingerprint density at radius 2 is 1.97 bits per heavy atom. The van der Waals surface area contributed by atoms with Gasteiger partial charge in [0.25, 0.3) is 0 Å². The molecule has 4 rings (SSSR count). The minimum absolute atomic E-state index is 0.00859. The number of hydrogen-bond donors (Lipinski definition) is 1. The predicted molar refractivity (Wildman–Crippen MR) is 128 cm³/mol. The summed E-state index contributed by atoms with van der Waals surface area (Å²) in [7, 11) is 1.61. The van der Waals surface area contributed by atoms with Crippen LogP contribution in [0.15, 0.2) is 47.0 Å². The van der Waals surface area contributed by atoms with Crippen molar-refractivity contribution in [3.05, 3.63) is 53.6 Å². The molecule has 0 unspecified atom stereocenters. The first kappa shape index (κ1) is 22.1. The molecule has 0 spiro atoms. The molecule has 1 atom stereocenters. The maximum absolute atomic E-state index is 12.7. The molecule has 0 saturated carbocycles. The van der Waals surface area contributed by atoms with E-state index in [0.717, 1.165) is 47.4 Å². The van der Waals surface area contributed by atoms with Crippen molar-refractivity contribution in [1.29, 1.82) is 0 Å². The molecule has 1 N–H and O–H groups in total. The molecule has 168 valence electrons. The van der Waals surface area contributed by atoms with Crippen LogP contribution in [-0.4, -0.2) is 18.2 Å². The fourth-order valence-corrected chi connectivity index (χ4v) is 4.79. The smallest absolute Gasteiger partial charge is 0.224 e. The summed E-state index contributed by atoms with van der Waals surface area (Å²) in [6, 6.07) is 14.1. The van der Waals surface area contributed by atoms with Gasteiger partial charge in [-0.15, -0.1) is 0 Å². The van der Waals surface area contributed by atoms with E-state index in [-0.39, 0.29) is 11.3 Å². The number of benzene rings is 2. The Labute approximate surface area is 190 Å². The second-order valence-corrected chi connectivity index (χ2v) is 10.0. The zero-order valence-corrected chi connectivity index (χ0v) is 19.6. The summed E-state index contributed by atoms with van der Waals surface area (Å²) in [5.41, 5.74) is 6.20. The van der Waals surface area contributed by atoms with E-state index in [1.165, 1.54) is 5.56 Å². The molecule has 3 aromatic rings. The highest BCUT2D eigenvalue weighted by molar-refractivity contribution is 5.93. The molecule has 1 aliphatic rings. The summed E-state index contributed by atoms with van der Waals surface area (Å²) >= 11 is 0. The fourth-order valence-electron chi connectivity index (χ4n) is 4.79. The van der Waals surface area contributed by atoms with Crippen LogP contribution in [-0.2, 0) is 17.6 Å². The van der Waals surface area contributed by atoms with Crippen molar-refractivity contribution in [1.82, 2.24) is 5.16 Å². The van der Waals surface area contributed by atoms with E-state index in [0.29, 0.717) is 23.8 Å². The second kappa shape index (κ2) is 8.81. The van der Waals surface area contributed by atoms with E-state index in [4.69, 9.17) is 9.26 Å². The Morgan fingerprint density at radius 1 is 1.19 bits per heavy atom. The molecule has 0 radical (unpaired) electrons. The number of amides is 1. The summed E-state index contributed by atoms with van der Waals surface area (Å²) in [5, 5.41) is 7.44. The Kier molecular flexibility index (Phi) is 6.09. The minimum atomic E-state index is -0.00859. The van der Waals surface area contributed by atoms with E-state index in [1.54, 1.807) is 7.11 Å². The Bertz CT molecular complexity index is 1120. The first-order valence-electron chi connectivity index (χ1n) is 11.3. The van der Waals surface area contributed by atoms with Crippen molar-refractivity contribution < 1.29 is 14.1 Å². The number of aryl methyl sites for hydroxylation is 1. The molecule has 1 heterocycles. The summed E-state index contributed by atoms with van der Waals surface area (Å²) in [4.78, 5) is 12.7. The molecule has 5 nitrogen and oxygen atoms in total. The summed E-state index contributed by atoms with van der Waals surface area (Å²) in [6.45, 7) is 8.72. The van der Waals surface area contributed by atoms with Gasteiger partial charge in [-0.1, -0.05) is 57.1 Å². The monoisotopic (exact) mass is 432 g/mol. The average Bonchev–Trinajstić information content (AvgIpc) is 3.16. The SMILES string of the molecule is COc1ccc(-c2onc3c2CCc2ccccc2-3)cc1NC(=O)C[C@@H](C)CC(C)(C)C. The number of aromatic nitrogens is 1. The van der Waals surface area contributed by atoms with Crippen molar-refractivity contribution in [3.63, 3.8) is 0 Å². The van der Waals surface area contributed by atoms with E-state index in [2.05, 4.69) is 56.4 Å². The number of anilines is 1. The summed E-state index contributed by atoms with van der Waals surface area (Å²) in [6.07, 6.45) is 3.30. The van der Waals surface area contributed by atoms with Crippen LogP contribution in [0.5, 0.6) is 5.75 Å². The van der Waals surface area contributed by atoms with Crippen LogP contribution in [0.1, 0.15) is 51.7 Å². The van der Waals surface area contributed by atoms with Gasteiger partial charge in [-0.3, -0.25) is 4.79 Å². The van der Waals surface area contributed by atoms with Crippen LogP contribution >= 0.6 is 0 Å². The van der Waals surface area contributed by atoms with Crippen LogP contribution in [0.3, 0.4) is 0 Å². The number of fused-ring (bicyclic) bond motifs is 3. The van der Waals surface area contributed by atoms with Gasteiger partial charge in [-0.2, -0.15) is 0 Å². The van der Waals surface area contributed by atoms with Gasteiger partial charge in [0.15, 0.2) is 5.76 Å². The number of hydrogen-bond acceptors (Lipinski definition) is 4. The number of nitrogens with one attached hydrogen (secondary N) is 1. The maximum Gasteiger partial charge on any atom is 0.224 e. The van der Waals surface area contributed by atoms with E-state index in [1.807, 2.05) is 24.3 Å². The van der Waals surface area contributed by atoms with Crippen LogP contribution < -0.4 is 10.1 Å². The van der Waals surface area contributed by atoms with Crippen molar-refractivity contribution in [2.45, 2.75) is 53.4 Å². The Morgan fingerprint density at radius 3 is 2.72 bits per heavy atom. The standard InChI is InChI=1S/C27H32N2O3/c1-17(16-27(2,3)4)14-24(30)28-22-15-19(11-13-23(22)31-5)26-21-12-10-18-8-6-7-9-20(18)25(21)29-32-26/h6-9,11,13,15,17H,10,12,14,16H2,1-5H3,(H,28,30)/t17-/m1/s1. The highest BCUT2D eigenvalue weighted by atomic mass is 16.5. The highest BCUT2D eigenvalue weighted by Crippen LogP contribution is 2.40. The molecule has 0 saturated heterocycles. The molecule has 32 heavy (non-hydrogen) atoms. The van der Waals surface area contributed by atoms with Gasteiger partial charge < -0.3 is 14.6 Å². The first-order chi connectivity index (χ1) is 15.2. The number of carbonyl (C=O) groups excluding carboxylic acids is 1. The number of nitrogens with zero attached hydrogens (tertiary/aromatic N) is 1. The third kappa shape index (κ3) is 4.72. The van der Waals surface area contributed by atoms with E-state index >= 15 is 0 Å². The quantitative estimate of drug-likeness (QED) is 0.482. The molecular formula is C27H32N2O3. The zero-order chi connectivity index (χ0) is 22.9. The second-order valence-electron chi connectivity index (χ2n) is 10.0. The Balaban J connectivity index is 1.59. The number of carbonyl (C=O) groups is 1. The van der Waals surface area contributed by atoms with Gasteiger partial charge in [-0.25, -0.2) is 0 Å². The van der Waals surface area contributed by atoms with Crippen LogP contribution in [0.4, 0.5) is 5.69 Å². The molecule has 5 heteroatoms. The third-order valence-electron chi connectivity index (χ3n) is 5.94. The zero-order valence-electron chi connectivity index (χ0n) is 19.6. The van der Waals surface area contributed by atoms with Gasteiger partial charge in [0, 0.05) is 23.1 Å². The average molecular weight is 433 g/mol. The van der Waals surface area contributed by atoms with Gasteiger partial charge in [0.05, 0.1) is 12.8 Å². The molecular weight excluding hydrogens is 400 g/mol. The van der Waals surface area contributed by atoms with Gasteiger partial charge in [0.2, 0.25) is 5.91 Å². The molecule has 0 aliphatic heterocycles. The molecule has 1 aliphatic carbocycles. The molecule has 0 bridgehead atoms. The molecule has 1 aromatic heterocycles. The van der Waals surface area contributed by atoms with Gasteiger partial charge in [-0.05, 0) is 54.4 Å². The first-order valence-corrected chi connectivity index (χ1v) is 11.3. The topological polar surface area (TPSA) is 64.4 Å². The third-order valence-corrected chi connectivity index (χ3v) is 5.94. The lowest BCUT2D eigenvalue weighted by Crippen LogP contribution is -2.19. The maximum atomic E-state index is 12.7. The van der Waals surface area contributed by atoms with Crippen molar-refractivity contribution >= 4 is 11.6 Å². The van der Waals surface area contributed by atoms with Crippen molar-refractivity contribution in [3.8, 4) is 28.3 Å². The lowest BCUT2D eigenvalue weighted by Gasteiger charge is -2.23. The van der Waals surface area contributed by atoms with Crippen LogP contribution in [0.25, 0.3) is 22.6 Å². The molecule has 2 aromatic carbocycles. The largest absolute Gasteiger partial charge is 0.495 e. The van der Waals surface area contributed by atoms with E-state index < -0.39 is 0 Å².